The molecule has 1 saturated carbocycles. The molecule has 2 aromatic carbocycles. The van der Waals surface area contributed by atoms with E-state index in [4.69, 9.17) is 16.3 Å². The van der Waals surface area contributed by atoms with E-state index in [0.29, 0.717) is 10.5 Å². The van der Waals surface area contributed by atoms with Crippen LogP contribution in [-0.4, -0.2) is 35.8 Å². The number of nitrogens with zero attached hydrogens (tertiary/aromatic N) is 1. The topological polar surface area (TPSA) is 66.8 Å². The molecule has 4 rings (SSSR count). The maximum absolute atomic E-state index is 13.9. The number of carbonyl (C=O) groups excluding carboxylic acids is 2. The lowest BCUT2D eigenvalue weighted by molar-refractivity contribution is -0.174. The van der Waals surface area contributed by atoms with Crippen molar-refractivity contribution in [3.8, 4) is 0 Å². The summed E-state index contributed by atoms with van der Waals surface area (Å²) in [6.07, 6.45) is -2.97. The Hall–Kier alpha value is -2.36. The van der Waals surface area contributed by atoms with Crippen LogP contribution in [0.1, 0.15) is 56.2 Å². The Morgan fingerprint density at radius 1 is 1.08 bits per heavy atom. The second-order valence-electron chi connectivity index (χ2n) is 10.1. The first-order valence-electron chi connectivity index (χ1n) is 11.7. The Balaban J connectivity index is 1.82. The number of carbonyl (C=O) groups is 2. The molecule has 2 aromatic rings. The predicted octanol–water partition coefficient (Wildman–Crippen LogP) is 6.64. The zero-order valence-corrected chi connectivity index (χ0v) is 22.8. The van der Waals surface area contributed by atoms with Gasteiger partial charge in [0.25, 0.3) is 0 Å². The van der Waals surface area contributed by atoms with Gasteiger partial charge in [-0.05, 0) is 80.5 Å². The number of benzene rings is 2. The molecule has 5 nitrogen and oxygen atoms in total. The molecule has 2 aliphatic rings. The number of rotatable bonds is 4. The number of aliphatic hydroxyl groups is 1. The van der Waals surface area contributed by atoms with E-state index < -0.39 is 34.6 Å². The zero-order chi connectivity index (χ0) is 27.4. The lowest BCUT2D eigenvalue weighted by Gasteiger charge is -2.49. The number of amides is 1. The third-order valence-electron chi connectivity index (χ3n) is 7.45. The fourth-order valence-electron chi connectivity index (χ4n) is 5.49. The quantitative estimate of drug-likeness (QED) is 0.400. The molecule has 0 aromatic heterocycles. The Morgan fingerprint density at radius 3 is 2.27 bits per heavy atom. The molecule has 2 aliphatic carbocycles. The Labute approximate surface area is 226 Å². The third kappa shape index (κ3) is 4.70. The minimum atomic E-state index is -5.24. The number of anilines is 1. The molecule has 198 valence electrons. The summed E-state index contributed by atoms with van der Waals surface area (Å²) in [5.74, 6) is -3.09. The molecule has 1 amide bonds. The van der Waals surface area contributed by atoms with Crippen molar-refractivity contribution in [2.24, 2.45) is 0 Å². The highest BCUT2D eigenvalue weighted by molar-refractivity contribution is 9.11. The molecule has 0 radical (unpaired) electrons. The molecule has 1 spiro atoms. The molecule has 0 heterocycles. The molecular weight excluding hydrogens is 575 g/mol. The number of fused-ring (bicyclic) bond motifs is 2. The maximum Gasteiger partial charge on any atom is 0.471 e. The summed E-state index contributed by atoms with van der Waals surface area (Å²) in [6, 6.07) is 11.1. The Morgan fingerprint density at radius 2 is 1.73 bits per heavy atom. The van der Waals surface area contributed by atoms with Gasteiger partial charge in [-0.1, -0.05) is 51.8 Å². The minimum absolute atomic E-state index is 0.0941. The smallest absolute Gasteiger partial charge is 0.467 e. The summed E-state index contributed by atoms with van der Waals surface area (Å²) in [7, 11) is 1.10. The minimum Gasteiger partial charge on any atom is -0.467 e. The largest absolute Gasteiger partial charge is 0.471 e. The van der Waals surface area contributed by atoms with E-state index in [1.165, 1.54) is 24.3 Å². The lowest BCUT2D eigenvalue weighted by Crippen LogP contribution is -2.63. The first kappa shape index (κ1) is 27.7. The monoisotopic (exact) mass is 599 g/mol. The van der Waals surface area contributed by atoms with E-state index in [-0.39, 0.29) is 36.4 Å². The number of hydrogen-bond donors (Lipinski definition) is 1. The summed E-state index contributed by atoms with van der Waals surface area (Å²) in [4.78, 5) is 26.6. The van der Waals surface area contributed by atoms with Crippen LogP contribution >= 0.6 is 27.5 Å². The molecular formula is C27H26BrClF3NO4. The van der Waals surface area contributed by atoms with Gasteiger partial charge in [-0.2, -0.15) is 13.2 Å². The number of allylic oxidation sites excluding steroid dienone is 1. The second-order valence-corrected chi connectivity index (χ2v) is 11.4. The number of ether oxygens (including phenoxy) is 1. The number of methoxy groups -OCH3 is 1. The maximum atomic E-state index is 13.9. The van der Waals surface area contributed by atoms with Gasteiger partial charge in [-0.3, -0.25) is 9.69 Å². The first-order chi connectivity index (χ1) is 17.2. The fraction of sp³-hybridized carbons (Fsp3) is 0.407. The molecule has 10 heteroatoms. The van der Waals surface area contributed by atoms with Gasteiger partial charge in [0.15, 0.2) is 0 Å². The predicted molar refractivity (Wildman–Crippen MR) is 138 cm³/mol. The molecule has 0 aliphatic heterocycles. The van der Waals surface area contributed by atoms with Gasteiger partial charge in [0, 0.05) is 20.6 Å². The van der Waals surface area contributed by atoms with Crippen LogP contribution in [-0.2, 0) is 25.3 Å². The Kier molecular flexibility index (Phi) is 7.05. The number of alkyl halides is 3. The zero-order valence-electron chi connectivity index (χ0n) is 20.5. The van der Waals surface area contributed by atoms with Gasteiger partial charge in [-0.15, -0.1) is 0 Å². The highest BCUT2D eigenvalue weighted by Gasteiger charge is 2.59. The van der Waals surface area contributed by atoms with Crippen LogP contribution in [0.15, 0.2) is 46.9 Å². The van der Waals surface area contributed by atoms with Crippen LogP contribution in [0.25, 0.3) is 6.08 Å². The van der Waals surface area contributed by atoms with E-state index in [0.717, 1.165) is 22.7 Å². The molecule has 0 unspecified atom stereocenters. The van der Waals surface area contributed by atoms with E-state index >= 15 is 0 Å². The van der Waals surface area contributed by atoms with Gasteiger partial charge in [0.05, 0.1) is 12.7 Å². The summed E-state index contributed by atoms with van der Waals surface area (Å²) in [6.45, 7) is 3.35. The van der Waals surface area contributed by atoms with Crippen molar-refractivity contribution in [3.63, 3.8) is 0 Å². The van der Waals surface area contributed by atoms with Gasteiger partial charge >= 0.3 is 18.1 Å². The molecule has 0 saturated heterocycles. The van der Waals surface area contributed by atoms with Crippen molar-refractivity contribution in [3.05, 3.63) is 68.7 Å². The first-order valence-corrected chi connectivity index (χ1v) is 12.8. The van der Waals surface area contributed by atoms with Crippen molar-refractivity contribution in [2.45, 2.75) is 62.3 Å². The summed E-state index contributed by atoms with van der Waals surface area (Å²) in [5.41, 5.74) is -1.24. The van der Waals surface area contributed by atoms with Crippen LogP contribution in [0.2, 0.25) is 5.02 Å². The summed E-state index contributed by atoms with van der Waals surface area (Å²) >= 11 is 9.72. The van der Waals surface area contributed by atoms with Crippen molar-refractivity contribution in [2.75, 3.05) is 12.0 Å². The molecule has 0 bridgehead atoms. The average molecular weight is 601 g/mol. The van der Waals surface area contributed by atoms with E-state index in [9.17, 15) is 27.9 Å². The van der Waals surface area contributed by atoms with Crippen LogP contribution in [0.4, 0.5) is 18.9 Å². The number of esters is 1. The van der Waals surface area contributed by atoms with Crippen LogP contribution in [0.3, 0.4) is 0 Å². The van der Waals surface area contributed by atoms with Crippen LogP contribution in [0, 0.1) is 0 Å². The highest BCUT2D eigenvalue weighted by Crippen LogP contribution is 2.57. The van der Waals surface area contributed by atoms with Crippen LogP contribution < -0.4 is 4.90 Å². The summed E-state index contributed by atoms with van der Waals surface area (Å²) < 4.78 is 47.5. The van der Waals surface area contributed by atoms with Gasteiger partial charge in [0.1, 0.15) is 5.54 Å². The Bertz CT molecular complexity index is 1280. The third-order valence-corrected chi connectivity index (χ3v) is 8.67. The summed E-state index contributed by atoms with van der Waals surface area (Å²) in [5, 5.41) is 10.7. The van der Waals surface area contributed by atoms with Gasteiger partial charge in [0.2, 0.25) is 0 Å². The van der Waals surface area contributed by atoms with Crippen molar-refractivity contribution in [1.29, 1.82) is 0 Å². The van der Waals surface area contributed by atoms with E-state index in [2.05, 4.69) is 15.9 Å². The van der Waals surface area contributed by atoms with Crippen LogP contribution in [0.5, 0.6) is 0 Å². The fourth-order valence-corrected chi connectivity index (χ4v) is 6.53. The number of hydrogen-bond acceptors (Lipinski definition) is 4. The SMILES string of the molecule is COC(=O)C1(N(C(=O)C(F)(F)F)c2cccc(Cl)c2)CCC2(CC1)C(Br)=Cc1ccc(C(C)(C)O)cc12. The lowest BCUT2D eigenvalue weighted by atomic mass is 9.64. The molecule has 1 fully saturated rings. The standard InChI is InChI=1S/C27H26BrClF3NO4/c1-24(2,36)17-8-7-16-13-21(28)25(20(16)14-17)9-11-26(12-10-25,23(35)37-3)33(22(34)27(30,31)32)19-6-4-5-18(29)15-19/h4-8,13-15,36H,9-12H2,1-3H3. The van der Waals surface area contributed by atoms with E-state index in [1.807, 2.05) is 24.3 Å². The normalized spacial score (nSPS) is 23.4. The highest BCUT2D eigenvalue weighted by atomic mass is 79.9. The van der Waals surface area contributed by atoms with Crippen molar-refractivity contribution >= 4 is 51.2 Å². The molecule has 37 heavy (non-hydrogen) atoms. The number of halogens is 5. The average Bonchev–Trinajstić information content (AvgIpc) is 3.09. The van der Waals surface area contributed by atoms with E-state index in [1.54, 1.807) is 13.8 Å². The van der Waals surface area contributed by atoms with Crippen molar-refractivity contribution < 1.29 is 32.6 Å². The molecule has 1 N–H and O–H groups in total. The van der Waals surface area contributed by atoms with Gasteiger partial charge < -0.3 is 9.84 Å². The second kappa shape index (κ2) is 9.43. The van der Waals surface area contributed by atoms with Crippen molar-refractivity contribution in [1.82, 2.24) is 0 Å². The van der Waals surface area contributed by atoms with Gasteiger partial charge in [-0.25, -0.2) is 4.79 Å². The molecule has 0 atom stereocenters.